The molecule has 1 aliphatic heterocycles. The monoisotopic (exact) mass is 600 g/mol. The van der Waals surface area contributed by atoms with E-state index in [0.29, 0.717) is 0 Å². The summed E-state index contributed by atoms with van der Waals surface area (Å²) in [5, 5.41) is 2.37. The molecule has 0 atom stereocenters. The predicted octanol–water partition coefficient (Wildman–Crippen LogP) is 10.8. The number of benzene rings is 5. The van der Waals surface area contributed by atoms with E-state index in [4.69, 9.17) is 9.72 Å². The molecule has 0 saturated carbocycles. The molecule has 0 bridgehead atoms. The highest BCUT2D eigenvalue weighted by atomic mass is 16.5. The minimum atomic E-state index is 0.0165. The molecule has 5 aromatic carbocycles. The van der Waals surface area contributed by atoms with E-state index in [1.54, 1.807) is 0 Å². The van der Waals surface area contributed by atoms with Crippen molar-refractivity contribution in [1.29, 1.82) is 0 Å². The first-order chi connectivity index (χ1) is 22.3. The van der Waals surface area contributed by atoms with Crippen LogP contribution in [0.15, 0.2) is 134 Å². The van der Waals surface area contributed by atoms with Crippen molar-refractivity contribution in [3.63, 3.8) is 0 Å². The highest BCUT2D eigenvalue weighted by Crippen LogP contribution is 2.45. The smallest absolute Gasteiger partial charge is 0.137 e. The van der Waals surface area contributed by atoms with E-state index < -0.39 is 0 Å². The van der Waals surface area contributed by atoms with Gasteiger partial charge in [-0.1, -0.05) is 69.3 Å². The van der Waals surface area contributed by atoms with E-state index in [9.17, 15) is 0 Å². The Labute approximate surface area is 269 Å². The summed E-state index contributed by atoms with van der Waals surface area (Å²) in [6.45, 7) is 9.57. The number of para-hydroxylation sites is 3. The largest absolute Gasteiger partial charge is 0.457 e. The lowest BCUT2D eigenvalue weighted by molar-refractivity contribution is 0.483. The van der Waals surface area contributed by atoms with Gasteiger partial charge < -0.3 is 14.5 Å². The van der Waals surface area contributed by atoms with Gasteiger partial charge in [0.2, 0.25) is 0 Å². The molecular formula is C41H36N4O. The Balaban J connectivity index is 1.16. The molecule has 5 nitrogen and oxygen atoms in total. The van der Waals surface area contributed by atoms with Crippen LogP contribution >= 0.6 is 0 Å². The Hall–Kier alpha value is -5.55. The van der Waals surface area contributed by atoms with Crippen molar-refractivity contribution < 1.29 is 4.74 Å². The second-order valence-corrected chi connectivity index (χ2v) is 13.1. The standard InChI is InChI=1S/C41H36N4O/c1-28-11-9-12-30(23-28)43-27-44(38-18-8-7-17-37(38)43)31-13-10-14-32(25-31)46-33-19-20-35-34-15-5-6-16-36(34)45(39(35)26-33)40-24-29(21-22-42-40)41(2,3)4/h5-26H,27H2,1-4H3. The van der Waals surface area contributed by atoms with Crippen LogP contribution in [0.25, 0.3) is 27.6 Å². The first-order valence-electron chi connectivity index (χ1n) is 15.8. The zero-order chi connectivity index (χ0) is 31.4. The van der Waals surface area contributed by atoms with Gasteiger partial charge in [-0.05, 0) is 90.2 Å². The molecule has 0 saturated heterocycles. The van der Waals surface area contributed by atoms with Crippen molar-refractivity contribution >= 4 is 44.6 Å². The van der Waals surface area contributed by atoms with E-state index in [1.807, 2.05) is 12.3 Å². The van der Waals surface area contributed by atoms with Crippen LogP contribution in [0, 0.1) is 6.92 Å². The molecule has 226 valence electrons. The number of nitrogens with zero attached hydrogens (tertiary/aromatic N) is 4. The van der Waals surface area contributed by atoms with Gasteiger partial charge in [-0.25, -0.2) is 4.98 Å². The third kappa shape index (κ3) is 4.85. The number of aryl methyl sites for hydroxylation is 1. The van der Waals surface area contributed by atoms with Crippen molar-refractivity contribution in [2.24, 2.45) is 0 Å². The molecule has 0 unspecified atom stereocenters. The maximum atomic E-state index is 6.59. The molecular weight excluding hydrogens is 564 g/mol. The number of hydrogen-bond acceptors (Lipinski definition) is 4. The van der Waals surface area contributed by atoms with Gasteiger partial charge in [0.1, 0.15) is 24.0 Å². The number of ether oxygens (including phenoxy) is 1. The average molecular weight is 601 g/mol. The van der Waals surface area contributed by atoms with Gasteiger partial charge >= 0.3 is 0 Å². The Morgan fingerprint density at radius 1 is 0.609 bits per heavy atom. The molecule has 1 aliphatic rings. The first-order valence-corrected chi connectivity index (χ1v) is 15.8. The van der Waals surface area contributed by atoms with Crippen molar-refractivity contribution in [3.05, 3.63) is 145 Å². The summed E-state index contributed by atoms with van der Waals surface area (Å²) in [4.78, 5) is 9.54. The molecule has 46 heavy (non-hydrogen) atoms. The maximum Gasteiger partial charge on any atom is 0.137 e. The molecule has 0 aliphatic carbocycles. The molecule has 7 aromatic rings. The lowest BCUT2D eigenvalue weighted by Gasteiger charge is -2.22. The van der Waals surface area contributed by atoms with Crippen LogP contribution in [0.4, 0.5) is 22.7 Å². The number of fused-ring (bicyclic) bond motifs is 4. The number of aromatic nitrogens is 2. The van der Waals surface area contributed by atoms with Gasteiger partial charge in [-0.2, -0.15) is 0 Å². The van der Waals surface area contributed by atoms with Crippen molar-refractivity contribution in [2.75, 3.05) is 16.5 Å². The molecule has 0 radical (unpaired) electrons. The van der Waals surface area contributed by atoms with E-state index in [0.717, 1.165) is 40.7 Å². The van der Waals surface area contributed by atoms with Crippen LogP contribution in [0.2, 0.25) is 0 Å². The summed E-state index contributed by atoms with van der Waals surface area (Å²) < 4.78 is 8.85. The van der Waals surface area contributed by atoms with Gasteiger partial charge in [-0.3, -0.25) is 4.57 Å². The molecule has 5 heteroatoms. The topological polar surface area (TPSA) is 33.5 Å². The summed E-state index contributed by atoms with van der Waals surface area (Å²) in [5.74, 6) is 2.48. The highest BCUT2D eigenvalue weighted by molar-refractivity contribution is 6.09. The van der Waals surface area contributed by atoms with Crippen LogP contribution in [0.1, 0.15) is 31.9 Å². The Morgan fingerprint density at radius 2 is 1.28 bits per heavy atom. The Morgan fingerprint density at radius 3 is 2.04 bits per heavy atom. The maximum absolute atomic E-state index is 6.59. The SMILES string of the molecule is Cc1cccc(N2CN(c3cccc(Oc4ccc5c6ccccc6n(-c6cc(C(C)(C)C)ccn6)c5c4)c3)c3ccccc32)c1. The fourth-order valence-electron chi connectivity index (χ4n) is 6.57. The van der Waals surface area contributed by atoms with Gasteiger partial charge in [0.15, 0.2) is 0 Å². The molecule has 0 amide bonds. The summed E-state index contributed by atoms with van der Waals surface area (Å²) in [6, 6.07) is 44.9. The average Bonchev–Trinajstić information content (AvgIpc) is 3.61. The number of hydrogen-bond donors (Lipinski definition) is 0. The second kappa shape index (κ2) is 10.8. The van der Waals surface area contributed by atoms with Crippen LogP contribution in [0.3, 0.4) is 0 Å². The lowest BCUT2D eigenvalue weighted by atomic mass is 9.88. The normalized spacial score (nSPS) is 13.0. The molecule has 0 fully saturated rings. The summed E-state index contributed by atoms with van der Waals surface area (Å²) in [6.07, 6.45) is 1.92. The van der Waals surface area contributed by atoms with Gasteiger partial charge in [0.05, 0.1) is 22.4 Å². The lowest BCUT2D eigenvalue weighted by Crippen LogP contribution is -2.23. The van der Waals surface area contributed by atoms with Crippen molar-refractivity contribution in [2.45, 2.75) is 33.1 Å². The van der Waals surface area contributed by atoms with Crippen LogP contribution in [-0.2, 0) is 5.41 Å². The minimum Gasteiger partial charge on any atom is -0.457 e. The van der Waals surface area contributed by atoms with E-state index >= 15 is 0 Å². The minimum absolute atomic E-state index is 0.0165. The summed E-state index contributed by atoms with van der Waals surface area (Å²) in [7, 11) is 0. The molecule has 0 N–H and O–H groups in total. The van der Waals surface area contributed by atoms with E-state index in [-0.39, 0.29) is 5.41 Å². The zero-order valence-corrected chi connectivity index (χ0v) is 26.6. The highest BCUT2D eigenvalue weighted by Gasteiger charge is 2.28. The van der Waals surface area contributed by atoms with Gasteiger partial charge in [-0.15, -0.1) is 0 Å². The van der Waals surface area contributed by atoms with Gasteiger partial charge in [0, 0.05) is 40.5 Å². The number of pyridine rings is 1. The third-order valence-electron chi connectivity index (χ3n) is 8.91. The Bertz CT molecular complexity index is 2240. The molecule has 2 aromatic heterocycles. The second-order valence-electron chi connectivity index (χ2n) is 13.1. The number of anilines is 4. The van der Waals surface area contributed by atoms with Crippen molar-refractivity contribution in [3.8, 4) is 17.3 Å². The summed E-state index contributed by atoms with van der Waals surface area (Å²) >= 11 is 0. The predicted molar refractivity (Wildman–Crippen MR) is 191 cm³/mol. The van der Waals surface area contributed by atoms with Crippen LogP contribution < -0.4 is 14.5 Å². The zero-order valence-electron chi connectivity index (χ0n) is 26.6. The quantitative estimate of drug-likeness (QED) is 0.197. The molecule has 3 heterocycles. The molecule has 0 spiro atoms. The van der Waals surface area contributed by atoms with Gasteiger partial charge in [0.25, 0.3) is 0 Å². The van der Waals surface area contributed by atoms with Crippen molar-refractivity contribution in [1.82, 2.24) is 9.55 Å². The first kappa shape index (κ1) is 28.0. The fraction of sp³-hybridized carbons (Fsp3) is 0.146. The fourth-order valence-corrected chi connectivity index (χ4v) is 6.57. The Kier molecular flexibility index (Phi) is 6.57. The number of rotatable bonds is 5. The van der Waals surface area contributed by atoms with E-state index in [1.165, 1.54) is 39.0 Å². The summed E-state index contributed by atoms with van der Waals surface area (Å²) in [5.41, 5.74) is 9.35. The van der Waals surface area contributed by atoms with Crippen LogP contribution in [0.5, 0.6) is 11.5 Å². The van der Waals surface area contributed by atoms with E-state index in [2.05, 4.69) is 163 Å². The molecule has 8 rings (SSSR count). The third-order valence-corrected chi connectivity index (χ3v) is 8.91. The van der Waals surface area contributed by atoms with Crippen LogP contribution in [-0.4, -0.2) is 16.2 Å².